The van der Waals surface area contributed by atoms with Crippen molar-refractivity contribution in [2.24, 2.45) is 0 Å². The molecule has 0 bridgehead atoms. The Balaban J connectivity index is 1.67. The predicted octanol–water partition coefficient (Wildman–Crippen LogP) is 2.71. The number of β-amino-alcohol motifs (C(OH)–C–C–N with tert-alkyl or cyclic N) is 1. The molecule has 1 aliphatic heterocycles. The van der Waals surface area contributed by atoms with Gasteiger partial charge in [-0.1, -0.05) is 29.8 Å². The molecule has 1 saturated heterocycles. The van der Waals surface area contributed by atoms with Crippen LogP contribution in [0.5, 0.6) is 0 Å². The maximum atomic E-state index is 10.6. The number of para-hydroxylation sites is 1. The third-order valence-electron chi connectivity index (χ3n) is 4.81. The number of aliphatic hydroxyl groups is 1. The second-order valence-electron chi connectivity index (χ2n) is 6.49. The van der Waals surface area contributed by atoms with Crippen LogP contribution in [0.1, 0.15) is 0 Å². The lowest BCUT2D eigenvalue weighted by Crippen LogP contribution is -2.46. The van der Waals surface area contributed by atoms with Gasteiger partial charge in [0.2, 0.25) is 0 Å². The maximum Gasteiger partial charge on any atom is 0.0845 e. The zero-order valence-electron chi connectivity index (χ0n) is 13.6. The minimum Gasteiger partial charge on any atom is -0.390 e. The first-order valence-corrected chi connectivity index (χ1v) is 8.88. The number of rotatable bonds is 4. The molecule has 0 aliphatic carbocycles. The molecule has 1 atom stereocenters. The van der Waals surface area contributed by atoms with Gasteiger partial charge in [0.05, 0.1) is 12.6 Å². The number of halogens is 1. The summed E-state index contributed by atoms with van der Waals surface area (Å²) < 4.78 is 2.22. The Labute approximate surface area is 146 Å². The molecule has 1 fully saturated rings. The Hall–Kier alpha value is -1.59. The molecular formula is C19H22ClN3O. The van der Waals surface area contributed by atoms with Gasteiger partial charge in [0, 0.05) is 59.6 Å². The third kappa shape index (κ3) is 3.03. The van der Waals surface area contributed by atoms with E-state index in [9.17, 15) is 5.11 Å². The molecule has 3 aromatic rings. The van der Waals surface area contributed by atoms with Crippen molar-refractivity contribution in [3.63, 3.8) is 0 Å². The van der Waals surface area contributed by atoms with Crippen LogP contribution in [0.25, 0.3) is 21.8 Å². The first kappa shape index (κ1) is 15.9. The van der Waals surface area contributed by atoms with Gasteiger partial charge in [0.1, 0.15) is 0 Å². The van der Waals surface area contributed by atoms with Crippen molar-refractivity contribution in [2.75, 3.05) is 32.7 Å². The molecule has 1 aromatic heterocycles. The minimum absolute atomic E-state index is 0.391. The number of benzene rings is 2. The Morgan fingerprint density at radius 3 is 2.58 bits per heavy atom. The van der Waals surface area contributed by atoms with Crippen molar-refractivity contribution in [2.45, 2.75) is 12.6 Å². The molecule has 2 heterocycles. The fourth-order valence-electron chi connectivity index (χ4n) is 3.68. The number of hydrogen-bond acceptors (Lipinski definition) is 3. The first-order valence-electron chi connectivity index (χ1n) is 8.50. The van der Waals surface area contributed by atoms with Crippen LogP contribution in [0.3, 0.4) is 0 Å². The Morgan fingerprint density at radius 1 is 1.00 bits per heavy atom. The Morgan fingerprint density at radius 2 is 1.75 bits per heavy atom. The largest absolute Gasteiger partial charge is 0.390 e. The summed E-state index contributed by atoms with van der Waals surface area (Å²) in [4.78, 5) is 2.33. The second-order valence-corrected chi connectivity index (χ2v) is 6.93. The molecule has 2 aromatic carbocycles. The summed E-state index contributed by atoms with van der Waals surface area (Å²) in [6.07, 6.45) is -0.391. The highest BCUT2D eigenvalue weighted by Crippen LogP contribution is 2.31. The van der Waals surface area contributed by atoms with Crippen molar-refractivity contribution in [1.82, 2.24) is 14.8 Å². The number of aliphatic hydroxyl groups excluding tert-OH is 1. The van der Waals surface area contributed by atoms with Crippen LogP contribution in [-0.4, -0.2) is 53.4 Å². The van der Waals surface area contributed by atoms with Gasteiger partial charge in [0.15, 0.2) is 0 Å². The summed E-state index contributed by atoms with van der Waals surface area (Å²) >= 11 is 6.19. The minimum atomic E-state index is -0.391. The first-order chi connectivity index (χ1) is 11.7. The molecule has 0 radical (unpaired) electrons. The molecule has 0 amide bonds. The van der Waals surface area contributed by atoms with Crippen molar-refractivity contribution in [3.8, 4) is 0 Å². The highest BCUT2D eigenvalue weighted by atomic mass is 35.5. The summed E-state index contributed by atoms with van der Waals surface area (Å²) in [6.45, 7) is 5.31. The van der Waals surface area contributed by atoms with Crippen LogP contribution in [0.4, 0.5) is 0 Å². The zero-order chi connectivity index (χ0) is 16.5. The molecule has 4 nitrogen and oxygen atoms in total. The van der Waals surface area contributed by atoms with E-state index in [1.54, 1.807) is 0 Å². The van der Waals surface area contributed by atoms with Crippen LogP contribution >= 0.6 is 11.6 Å². The topological polar surface area (TPSA) is 40.4 Å². The van der Waals surface area contributed by atoms with Gasteiger partial charge in [-0.25, -0.2) is 0 Å². The van der Waals surface area contributed by atoms with Crippen molar-refractivity contribution < 1.29 is 5.11 Å². The molecule has 24 heavy (non-hydrogen) atoms. The number of hydrogen-bond donors (Lipinski definition) is 2. The Bertz CT molecular complexity index is 854. The van der Waals surface area contributed by atoms with Gasteiger partial charge in [-0.2, -0.15) is 0 Å². The molecule has 126 valence electrons. The third-order valence-corrected chi connectivity index (χ3v) is 5.04. The lowest BCUT2D eigenvalue weighted by molar-refractivity contribution is 0.0936. The van der Waals surface area contributed by atoms with Crippen LogP contribution in [0.2, 0.25) is 5.02 Å². The second kappa shape index (κ2) is 6.73. The Kier molecular flexibility index (Phi) is 4.46. The van der Waals surface area contributed by atoms with E-state index >= 15 is 0 Å². The van der Waals surface area contributed by atoms with Crippen LogP contribution in [0, 0.1) is 0 Å². The van der Waals surface area contributed by atoms with E-state index in [-0.39, 0.29) is 0 Å². The number of piperazine rings is 1. The summed E-state index contributed by atoms with van der Waals surface area (Å²) in [5.41, 5.74) is 2.27. The number of nitrogens with one attached hydrogen (secondary N) is 1. The average molecular weight is 344 g/mol. The molecule has 4 rings (SSSR count). The van der Waals surface area contributed by atoms with Gasteiger partial charge in [0.25, 0.3) is 0 Å². The number of fused-ring (bicyclic) bond motifs is 3. The predicted molar refractivity (Wildman–Crippen MR) is 99.8 cm³/mol. The van der Waals surface area contributed by atoms with Gasteiger partial charge < -0.3 is 15.0 Å². The average Bonchev–Trinajstić information content (AvgIpc) is 2.89. The summed E-state index contributed by atoms with van der Waals surface area (Å²) in [5.74, 6) is 0. The van der Waals surface area contributed by atoms with Crippen LogP contribution < -0.4 is 5.32 Å². The van der Waals surface area contributed by atoms with Gasteiger partial charge in [-0.05, 0) is 24.3 Å². The lowest BCUT2D eigenvalue weighted by atomic mass is 10.2. The monoisotopic (exact) mass is 343 g/mol. The fourth-order valence-corrected chi connectivity index (χ4v) is 3.85. The smallest absolute Gasteiger partial charge is 0.0845 e. The quantitative estimate of drug-likeness (QED) is 0.765. The number of nitrogens with zero attached hydrogens (tertiary/aromatic N) is 2. The van der Waals surface area contributed by atoms with Crippen molar-refractivity contribution in [3.05, 3.63) is 47.5 Å². The molecule has 0 unspecified atom stereocenters. The zero-order valence-corrected chi connectivity index (χ0v) is 14.3. The standard InChI is InChI=1S/C19H22ClN3O/c20-14-5-6-19-17(11-14)16-3-1-2-4-18(16)23(19)13-15(24)12-22-9-7-21-8-10-22/h1-6,11,15,21,24H,7-10,12-13H2/t15-/m1/s1. The maximum absolute atomic E-state index is 10.6. The van der Waals surface area contributed by atoms with Crippen LogP contribution in [0.15, 0.2) is 42.5 Å². The van der Waals surface area contributed by atoms with E-state index in [0.29, 0.717) is 13.1 Å². The van der Waals surface area contributed by atoms with E-state index in [1.165, 1.54) is 5.39 Å². The molecular weight excluding hydrogens is 322 g/mol. The summed E-state index contributed by atoms with van der Waals surface area (Å²) in [6, 6.07) is 14.3. The molecule has 2 N–H and O–H groups in total. The molecule has 0 saturated carbocycles. The highest BCUT2D eigenvalue weighted by molar-refractivity contribution is 6.31. The van der Waals surface area contributed by atoms with Gasteiger partial charge >= 0.3 is 0 Å². The SMILES string of the molecule is O[C@H](CN1CCNCC1)Cn1c2ccccc2c2cc(Cl)ccc21. The van der Waals surface area contributed by atoms with E-state index in [1.807, 2.05) is 24.3 Å². The van der Waals surface area contributed by atoms with E-state index in [2.05, 4.69) is 33.0 Å². The molecule has 5 heteroatoms. The van der Waals surface area contributed by atoms with Gasteiger partial charge in [-0.3, -0.25) is 4.90 Å². The van der Waals surface area contributed by atoms with E-state index in [4.69, 9.17) is 11.6 Å². The fraction of sp³-hybridized carbons (Fsp3) is 0.368. The molecule has 0 spiro atoms. The highest BCUT2D eigenvalue weighted by Gasteiger charge is 2.17. The van der Waals surface area contributed by atoms with Gasteiger partial charge in [-0.15, -0.1) is 0 Å². The molecule has 1 aliphatic rings. The van der Waals surface area contributed by atoms with E-state index < -0.39 is 6.10 Å². The van der Waals surface area contributed by atoms with Crippen LogP contribution in [-0.2, 0) is 6.54 Å². The van der Waals surface area contributed by atoms with E-state index in [0.717, 1.165) is 47.6 Å². The lowest BCUT2D eigenvalue weighted by Gasteiger charge is -2.29. The number of aromatic nitrogens is 1. The van der Waals surface area contributed by atoms with Crippen molar-refractivity contribution in [1.29, 1.82) is 0 Å². The summed E-state index contributed by atoms with van der Waals surface area (Å²) in [5, 5.41) is 17.1. The normalized spacial score (nSPS) is 17.6. The van der Waals surface area contributed by atoms with Crippen molar-refractivity contribution >= 4 is 33.4 Å². The summed E-state index contributed by atoms with van der Waals surface area (Å²) in [7, 11) is 0.